The molecule has 146 valence electrons. The van der Waals surface area contributed by atoms with E-state index in [0.29, 0.717) is 5.75 Å². The Balaban J connectivity index is 2.27. The molecule has 2 aromatic carbocycles. The highest BCUT2D eigenvalue weighted by atomic mass is 16.5. The number of aromatic carboxylic acids is 1. The maximum atomic E-state index is 11.8. The molecule has 1 unspecified atom stereocenters. The molecule has 1 heterocycles. The summed E-state index contributed by atoms with van der Waals surface area (Å²) in [6.07, 6.45) is 8.37. The lowest BCUT2D eigenvalue weighted by atomic mass is 9.83. The van der Waals surface area contributed by atoms with Crippen molar-refractivity contribution in [2.75, 3.05) is 7.11 Å². The van der Waals surface area contributed by atoms with Crippen LogP contribution in [-0.4, -0.2) is 24.4 Å². The summed E-state index contributed by atoms with van der Waals surface area (Å²) in [5.74, 6) is -0.767. The normalized spacial score (nSPS) is 17.2. The second-order valence-corrected chi connectivity index (χ2v) is 7.18. The number of para-hydroxylation sites is 1. The SMILES string of the molecule is COc1c(C(=O)O)cccc1C(/C1=C/CCCCC=N1)c1cccc(C)c1C. The van der Waals surface area contributed by atoms with Gasteiger partial charge in [0.1, 0.15) is 11.3 Å². The topological polar surface area (TPSA) is 58.9 Å². The molecule has 28 heavy (non-hydrogen) atoms. The standard InChI is InChI=1S/C24H27NO3/c1-16-10-8-11-18(17(16)2)22(21-14-6-4-5-7-15-25-21)19-12-9-13-20(24(26)27)23(19)28-3/h8-15,22H,4-7H2,1-3H3,(H,26,27)/b21-14-,25-15?. The molecule has 0 aliphatic carbocycles. The molecular formula is C24H27NO3. The minimum absolute atomic E-state index is 0.172. The van der Waals surface area contributed by atoms with Gasteiger partial charge in [-0.3, -0.25) is 4.99 Å². The highest BCUT2D eigenvalue weighted by molar-refractivity contribution is 5.91. The van der Waals surface area contributed by atoms with E-state index in [4.69, 9.17) is 9.73 Å². The van der Waals surface area contributed by atoms with Crippen molar-refractivity contribution in [3.8, 4) is 5.75 Å². The minimum Gasteiger partial charge on any atom is -0.496 e. The lowest BCUT2D eigenvalue weighted by molar-refractivity contribution is 0.0693. The molecule has 0 bridgehead atoms. The lowest BCUT2D eigenvalue weighted by Crippen LogP contribution is -2.11. The van der Waals surface area contributed by atoms with Crippen molar-refractivity contribution in [2.45, 2.75) is 45.4 Å². The van der Waals surface area contributed by atoms with E-state index in [1.165, 1.54) is 18.2 Å². The van der Waals surface area contributed by atoms with Crippen molar-refractivity contribution in [3.63, 3.8) is 0 Å². The van der Waals surface area contributed by atoms with E-state index < -0.39 is 5.97 Å². The number of aryl methyl sites for hydroxylation is 1. The maximum Gasteiger partial charge on any atom is 0.339 e. The van der Waals surface area contributed by atoms with Crippen molar-refractivity contribution in [2.24, 2.45) is 4.99 Å². The second-order valence-electron chi connectivity index (χ2n) is 7.18. The molecule has 0 radical (unpaired) electrons. The number of carboxylic acid groups (broad SMARTS) is 1. The summed E-state index contributed by atoms with van der Waals surface area (Å²) in [5, 5.41) is 9.64. The molecule has 3 rings (SSSR count). The molecule has 0 saturated heterocycles. The summed E-state index contributed by atoms with van der Waals surface area (Å²) in [6, 6.07) is 11.6. The Morgan fingerprint density at radius 3 is 2.54 bits per heavy atom. The molecule has 0 amide bonds. The van der Waals surface area contributed by atoms with Gasteiger partial charge in [-0.1, -0.05) is 36.4 Å². The van der Waals surface area contributed by atoms with Crippen LogP contribution in [0.15, 0.2) is 53.2 Å². The summed E-state index contributed by atoms with van der Waals surface area (Å²) in [5.41, 5.74) is 5.48. The average molecular weight is 377 g/mol. The predicted molar refractivity (Wildman–Crippen MR) is 113 cm³/mol. The molecule has 1 atom stereocenters. The Bertz CT molecular complexity index is 927. The minimum atomic E-state index is -0.992. The maximum absolute atomic E-state index is 11.8. The van der Waals surface area contributed by atoms with Crippen LogP contribution in [0, 0.1) is 13.8 Å². The molecule has 0 saturated carbocycles. The fourth-order valence-corrected chi connectivity index (χ4v) is 3.80. The van der Waals surface area contributed by atoms with E-state index in [-0.39, 0.29) is 11.5 Å². The quantitative estimate of drug-likeness (QED) is 0.730. The fraction of sp³-hybridized carbons (Fsp3) is 0.333. The number of hydrogen-bond acceptors (Lipinski definition) is 3. The highest BCUT2D eigenvalue weighted by Crippen LogP contribution is 2.41. The smallest absolute Gasteiger partial charge is 0.339 e. The third-order valence-corrected chi connectivity index (χ3v) is 5.43. The average Bonchev–Trinajstić information content (AvgIpc) is 2.66. The van der Waals surface area contributed by atoms with Crippen molar-refractivity contribution >= 4 is 12.2 Å². The molecule has 4 heteroatoms. The van der Waals surface area contributed by atoms with Crippen LogP contribution in [0.25, 0.3) is 0 Å². The van der Waals surface area contributed by atoms with Crippen LogP contribution < -0.4 is 4.74 Å². The zero-order valence-electron chi connectivity index (χ0n) is 16.7. The Hall–Kier alpha value is -2.88. The third kappa shape index (κ3) is 4.01. The van der Waals surface area contributed by atoms with E-state index >= 15 is 0 Å². The van der Waals surface area contributed by atoms with E-state index in [1.54, 1.807) is 12.1 Å². The van der Waals surface area contributed by atoms with Crippen molar-refractivity contribution < 1.29 is 14.6 Å². The number of benzene rings is 2. The summed E-state index contributed by atoms with van der Waals surface area (Å²) >= 11 is 0. The number of carboxylic acids is 1. The Morgan fingerprint density at radius 2 is 1.79 bits per heavy atom. The van der Waals surface area contributed by atoms with E-state index in [1.807, 2.05) is 18.3 Å². The number of ether oxygens (including phenoxy) is 1. The van der Waals surface area contributed by atoms with Crippen LogP contribution in [0.5, 0.6) is 5.75 Å². The third-order valence-electron chi connectivity index (χ3n) is 5.43. The molecular weight excluding hydrogens is 350 g/mol. The van der Waals surface area contributed by atoms with Gasteiger partial charge in [-0.05, 0) is 62.3 Å². The number of rotatable bonds is 5. The second kappa shape index (κ2) is 8.87. The largest absolute Gasteiger partial charge is 0.496 e. The molecule has 4 nitrogen and oxygen atoms in total. The zero-order chi connectivity index (χ0) is 20.1. The van der Waals surface area contributed by atoms with Gasteiger partial charge in [-0.2, -0.15) is 0 Å². The number of nitrogens with zero attached hydrogens (tertiary/aromatic N) is 1. The molecule has 0 aromatic heterocycles. The van der Waals surface area contributed by atoms with Crippen molar-refractivity contribution in [1.29, 1.82) is 0 Å². The Morgan fingerprint density at radius 1 is 1.07 bits per heavy atom. The van der Waals surface area contributed by atoms with Crippen LogP contribution in [-0.2, 0) is 0 Å². The Labute approximate surface area is 166 Å². The van der Waals surface area contributed by atoms with Gasteiger partial charge in [0.2, 0.25) is 0 Å². The number of hydrogen-bond donors (Lipinski definition) is 1. The fourth-order valence-electron chi connectivity index (χ4n) is 3.80. The first-order valence-corrected chi connectivity index (χ1v) is 9.73. The lowest BCUT2D eigenvalue weighted by Gasteiger charge is -2.25. The predicted octanol–water partition coefficient (Wildman–Crippen LogP) is 5.67. The van der Waals surface area contributed by atoms with Crippen LogP contribution in [0.3, 0.4) is 0 Å². The van der Waals surface area contributed by atoms with Crippen molar-refractivity contribution in [3.05, 3.63) is 76.0 Å². The molecule has 1 aliphatic heterocycles. The summed E-state index contributed by atoms with van der Waals surface area (Å²) in [4.78, 5) is 16.6. The van der Waals surface area contributed by atoms with Crippen LogP contribution in [0.2, 0.25) is 0 Å². The van der Waals surface area contributed by atoms with E-state index in [0.717, 1.165) is 42.5 Å². The van der Waals surface area contributed by atoms with Gasteiger partial charge in [-0.15, -0.1) is 0 Å². The van der Waals surface area contributed by atoms with Gasteiger partial charge in [0, 0.05) is 17.5 Å². The van der Waals surface area contributed by atoms with Crippen LogP contribution in [0.4, 0.5) is 0 Å². The van der Waals surface area contributed by atoms with Gasteiger partial charge >= 0.3 is 5.97 Å². The Kier molecular flexibility index (Phi) is 6.30. The van der Waals surface area contributed by atoms with Gasteiger partial charge in [0.25, 0.3) is 0 Å². The summed E-state index contributed by atoms with van der Waals surface area (Å²) < 4.78 is 5.60. The number of allylic oxidation sites excluding steroid dienone is 2. The van der Waals surface area contributed by atoms with Crippen LogP contribution in [0.1, 0.15) is 64.2 Å². The van der Waals surface area contributed by atoms with E-state index in [2.05, 4.69) is 32.1 Å². The summed E-state index contributed by atoms with van der Waals surface area (Å²) in [6.45, 7) is 4.20. The van der Waals surface area contributed by atoms with Gasteiger partial charge in [0.15, 0.2) is 0 Å². The molecule has 0 fully saturated rings. The number of aliphatic imine (C=N–C) groups is 1. The molecule has 2 aromatic rings. The first kappa shape index (κ1) is 19.9. The monoisotopic (exact) mass is 377 g/mol. The number of methoxy groups -OCH3 is 1. The first-order chi connectivity index (χ1) is 13.5. The van der Waals surface area contributed by atoms with Gasteiger partial charge in [0.05, 0.1) is 13.0 Å². The number of carbonyl (C=O) groups is 1. The first-order valence-electron chi connectivity index (χ1n) is 9.73. The highest BCUT2D eigenvalue weighted by Gasteiger charge is 2.27. The molecule has 1 N–H and O–H groups in total. The molecule has 1 aliphatic rings. The van der Waals surface area contributed by atoms with Crippen molar-refractivity contribution in [1.82, 2.24) is 0 Å². The van der Waals surface area contributed by atoms with Gasteiger partial charge < -0.3 is 9.84 Å². The summed E-state index contributed by atoms with van der Waals surface area (Å²) in [7, 11) is 1.53. The van der Waals surface area contributed by atoms with E-state index in [9.17, 15) is 9.90 Å². The molecule has 0 spiro atoms. The van der Waals surface area contributed by atoms with Crippen LogP contribution >= 0.6 is 0 Å². The zero-order valence-corrected chi connectivity index (χ0v) is 16.7. The van der Waals surface area contributed by atoms with Gasteiger partial charge in [-0.25, -0.2) is 4.79 Å².